The van der Waals surface area contributed by atoms with Gasteiger partial charge in [-0.3, -0.25) is 11.3 Å². The van der Waals surface area contributed by atoms with Crippen molar-refractivity contribution in [3.63, 3.8) is 0 Å². The molecule has 60 valence electrons. The molecule has 0 radical (unpaired) electrons. The predicted octanol–water partition coefficient (Wildman–Crippen LogP) is 1.56. The molecule has 1 aromatic carbocycles. The van der Waals surface area contributed by atoms with Crippen LogP contribution in [-0.4, -0.2) is 0 Å². The molecule has 0 fully saturated rings. The van der Waals surface area contributed by atoms with Gasteiger partial charge in [-0.1, -0.05) is 12.1 Å². The van der Waals surface area contributed by atoms with Crippen LogP contribution in [0, 0.1) is 10.5 Å². The SMILES string of the molecule is Cc1ccc(CNN)cc1I. The van der Waals surface area contributed by atoms with Crippen LogP contribution >= 0.6 is 22.6 Å². The summed E-state index contributed by atoms with van der Waals surface area (Å²) in [5, 5.41) is 0. The van der Waals surface area contributed by atoms with Gasteiger partial charge in [0.05, 0.1) is 0 Å². The van der Waals surface area contributed by atoms with E-state index in [1.165, 1.54) is 14.7 Å². The van der Waals surface area contributed by atoms with E-state index in [4.69, 9.17) is 5.84 Å². The Balaban J connectivity index is 2.86. The quantitative estimate of drug-likeness (QED) is 0.482. The van der Waals surface area contributed by atoms with E-state index >= 15 is 0 Å². The Morgan fingerprint density at radius 2 is 2.27 bits per heavy atom. The zero-order chi connectivity index (χ0) is 8.27. The molecule has 0 aliphatic rings. The summed E-state index contributed by atoms with van der Waals surface area (Å²) in [5.41, 5.74) is 5.16. The van der Waals surface area contributed by atoms with Crippen molar-refractivity contribution in [1.29, 1.82) is 0 Å². The highest BCUT2D eigenvalue weighted by Crippen LogP contribution is 2.12. The van der Waals surface area contributed by atoms with Gasteiger partial charge in [-0.15, -0.1) is 0 Å². The number of aryl methyl sites for hydroxylation is 1. The number of nitrogens with one attached hydrogen (secondary N) is 1. The highest BCUT2D eigenvalue weighted by molar-refractivity contribution is 14.1. The summed E-state index contributed by atoms with van der Waals surface area (Å²) >= 11 is 2.32. The summed E-state index contributed by atoms with van der Waals surface area (Å²) in [6.07, 6.45) is 0. The lowest BCUT2D eigenvalue weighted by Gasteiger charge is -2.02. The normalized spacial score (nSPS) is 10.1. The Kier molecular flexibility index (Phi) is 3.29. The fraction of sp³-hybridized carbons (Fsp3) is 0.250. The number of hydrogen-bond donors (Lipinski definition) is 2. The molecule has 0 aromatic heterocycles. The van der Waals surface area contributed by atoms with Crippen LogP contribution in [0.1, 0.15) is 11.1 Å². The van der Waals surface area contributed by atoms with Gasteiger partial charge >= 0.3 is 0 Å². The minimum Gasteiger partial charge on any atom is -0.271 e. The average Bonchev–Trinajstić information content (AvgIpc) is 1.98. The Morgan fingerprint density at radius 1 is 1.55 bits per heavy atom. The highest BCUT2D eigenvalue weighted by atomic mass is 127. The first-order valence-corrected chi connectivity index (χ1v) is 4.50. The van der Waals surface area contributed by atoms with E-state index < -0.39 is 0 Å². The molecule has 11 heavy (non-hydrogen) atoms. The largest absolute Gasteiger partial charge is 0.271 e. The van der Waals surface area contributed by atoms with E-state index in [9.17, 15) is 0 Å². The molecule has 0 heterocycles. The number of hydrogen-bond acceptors (Lipinski definition) is 2. The second-order valence-electron chi connectivity index (χ2n) is 2.46. The van der Waals surface area contributed by atoms with Crippen molar-refractivity contribution in [3.05, 3.63) is 32.9 Å². The van der Waals surface area contributed by atoms with E-state index in [-0.39, 0.29) is 0 Å². The Bertz CT molecular complexity index is 248. The molecule has 0 atom stereocenters. The molecule has 3 heteroatoms. The van der Waals surface area contributed by atoms with Crippen LogP contribution in [0.25, 0.3) is 0 Å². The minimum atomic E-state index is 0.732. The topological polar surface area (TPSA) is 38.0 Å². The van der Waals surface area contributed by atoms with E-state index in [0.29, 0.717) is 0 Å². The maximum atomic E-state index is 5.20. The van der Waals surface area contributed by atoms with Crippen LogP contribution in [0.3, 0.4) is 0 Å². The third-order valence-electron chi connectivity index (χ3n) is 1.54. The van der Waals surface area contributed by atoms with E-state index in [0.717, 1.165) is 6.54 Å². The molecule has 2 nitrogen and oxygen atoms in total. The molecule has 1 rings (SSSR count). The van der Waals surface area contributed by atoms with Crippen LogP contribution in [0.5, 0.6) is 0 Å². The number of rotatable bonds is 2. The summed E-state index contributed by atoms with van der Waals surface area (Å²) in [6.45, 7) is 2.83. The zero-order valence-electron chi connectivity index (χ0n) is 6.39. The molecule has 1 aromatic rings. The van der Waals surface area contributed by atoms with Gasteiger partial charge < -0.3 is 0 Å². The van der Waals surface area contributed by atoms with Gasteiger partial charge in [0.2, 0.25) is 0 Å². The number of benzene rings is 1. The molecule has 0 aliphatic carbocycles. The van der Waals surface area contributed by atoms with Gasteiger partial charge in [-0.25, -0.2) is 0 Å². The lowest BCUT2D eigenvalue weighted by molar-refractivity contribution is 0.741. The van der Waals surface area contributed by atoms with E-state index in [1.807, 2.05) is 0 Å². The molecule has 0 bridgehead atoms. The minimum absolute atomic E-state index is 0.732. The Hall–Kier alpha value is -0.130. The van der Waals surface area contributed by atoms with Crippen molar-refractivity contribution in [3.8, 4) is 0 Å². The molecule has 0 unspecified atom stereocenters. The Morgan fingerprint density at radius 3 is 2.82 bits per heavy atom. The second-order valence-corrected chi connectivity index (χ2v) is 3.63. The summed E-state index contributed by atoms with van der Waals surface area (Å²) in [7, 11) is 0. The van der Waals surface area contributed by atoms with Crippen molar-refractivity contribution in [2.24, 2.45) is 5.84 Å². The molecule has 0 aliphatic heterocycles. The van der Waals surface area contributed by atoms with Gasteiger partial charge in [0.1, 0.15) is 0 Å². The van der Waals surface area contributed by atoms with Gasteiger partial charge in [0.25, 0.3) is 0 Å². The second kappa shape index (κ2) is 4.04. The highest BCUT2D eigenvalue weighted by Gasteiger charge is 1.95. The van der Waals surface area contributed by atoms with Crippen LogP contribution in [0.2, 0.25) is 0 Å². The van der Waals surface area contributed by atoms with E-state index in [2.05, 4.69) is 53.1 Å². The molecule has 0 saturated heterocycles. The molecular formula is C8H11IN2. The lowest BCUT2D eigenvalue weighted by atomic mass is 10.1. The van der Waals surface area contributed by atoms with Crippen molar-refractivity contribution in [1.82, 2.24) is 5.43 Å². The van der Waals surface area contributed by atoms with Gasteiger partial charge in [-0.2, -0.15) is 0 Å². The third kappa shape index (κ3) is 2.43. The van der Waals surface area contributed by atoms with Crippen LogP contribution in [-0.2, 0) is 6.54 Å². The molecule has 0 saturated carbocycles. The smallest absolute Gasteiger partial charge is 0.0349 e. The first-order valence-electron chi connectivity index (χ1n) is 3.42. The van der Waals surface area contributed by atoms with Gasteiger partial charge in [-0.05, 0) is 46.7 Å². The van der Waals surface area contributed by atoms with Crippen molar-refractivity contribution in [2.45, 2.75) is 13.5 Å². The summed E-state index contributed by atoms with van der Waals surface area (Å²) in [6, 6.07) is 6.32. The van der Waals surface area contributed by atoms with Crippen LogP contribution in [0.4, 0.5) is 0 Å². The fourth-order valence-electron chi connectivity index (χ4n) is 0.864. The third-order valence-corrected chi connectivity index (χ3v) is 2.70. The average molecular weight is 262 g/mol. The lowest BCUT2D eigenvalue weighted by Crippen LogP contribution is -2.20. The summed E-state index contributed by atoms with van der Waals surface area (Å²) in [4.78, 5) is 0. The maximum Gasteiger partial charge on any atom is 0.0349 e. The summed E-state index contributed by atoms with van der Waals surface area (Å²) in [5.74, 6) is 5.20. The predicted molar refractivity (Wildman–Crippen MR) is 54.9 cm³/mol. The standard InChI is InChI=1S/C8H11IN2/c1-6-2-3-7(5-11-10)4-8(6)9/h2-4,11H,5,10H2,1H3. The van der Waals surface area contributed by atoms with Crippen LogP contribution in [0.15, 0.2) is 18.2 Å². The molecule has 3 N–H and O–H groups in total. The van der Waals surface area contributed by atoms with Crippen molar-refractivity contribution in [2.75, 3.05) is 0 Å². The zero-order valence-corrected chi connectivity index (χ0v) is 8.55. The molecular weight excluding hydrogens is 251 g/mol. The number of nitrogens with two attached hydrogens (primary N) is 1. The number of halogens is 1. The monoisotopic (exact) mass is 262 g/mol. The molecule has 0 amide bonds. The van der Waals surface area contributed by atoms with Gasteiger partial charge in [0.15, 0.2) is 0 Å². The first-order chi connectivity index (χ1) is 5.24. The fourth-order valence-corrected chi connectivity index (χ4v) is 1.44. The Labute approximate surface area is 80.3 Å². The van der Waals surface area contributed by atoms with Gasteiger partial charge in [0, 0.05) is 10.1 Å². The maximum absolute atomic E-state index is 5.20. The van der Waals surface area contributed by atoms with Crippen LogP contribution < -0.4 is 11.3 Å². The molecule has 0 spiro atoms. The first kappa shape index (κ1) is 8.96. The number of hydrazine groups is 1. The van der Waals surface area contributed by atoms with E-state index in [1.54, 1.807) is 0 Å². The van der Waals surface area contributed by atoms with Crippen molar-refractivity contribution >= 4 is 22.6 Å². The summed E-state index contributed by atoms with van der Waals surface area (Å²) < 4.78 is 1.29. The van der Waals surface area contributed by atoms with Crippen molar-refractivity contribution < 1.29 is 0 Å².